The molecule has 1 aromatic rings. The molecule has 0 aromatic carbocycles. The van der Waals surface area contributed by atoms with E-state index in [-0.39, 0.29) is 6.61 Å². The molecule has 0 saturated carbocycles. The van der Waals surface area contributed by atoms with Crippen molar-refractivity contribution in [3.8, 4) is 0 Å². The van der Waals surface area contributed by atoms with Crippen LogP contribution in [0.1, 0.15) is 24.8 Å². The van der Waals surface area contributed by atoms with Gasteiger partial charge in [-0.15, -0.1) is 0 Å². The summed E-state index contributed by atoms with van der Waals surface area (Å²) in [6, 6.07) is 4.10. The molecule has 1 N–H and O–H groups in total. The summed E-state index contributed by atoms with van der Waals surface area (Å²) >= 11 is 0. The van der Waals surface area contributed by atoms with Crippen LogP contribution in [0.4, 0.5) is 5.82 Å². The normalized spacial score (nSPS) is 15.9. The van der Waals surface area contributed by atoms with E-state index in [0.717, 1.165) is 31.7 Å². The number of aliphatic hydroxyl groups excluding tert-OH is 1. The van der Waals surface area contributed by atoms with Crippen LogP contribution in [0.2, 0.25) is 0 Å². The van der Waals surface area contributed by atoms with E-state index in [9.17, 15) is 0 Å². The standard InChI is InChI=1S/C12H18N2O/c15-10-4-6-11-5-3-7-13-12(11)14-8-1-2-9-14/h3,5,7,15H,1-2,4,6,8-10H2. The van der Waals surface area contributed by atoms with Gasteiger partial charge in [-0.1, -0.05) is 6.07 Å². The monoisotopic (exact) mass is 206 g/mol. The molecule has 0 radical (unpaired) electrons. The lowest BCUT2D eigenvalue weighted by Gasteiger charge is -2.19. The molecule has 3 heteroatoms. The number of pyridine rings is 1. The second-order valence-corrected chi connectivity index (χ2v) is 4.01. The molecule has 82 valence electrons. The van der Waals surface area contributed by atoms with Gasteiger partial charge in [-0.25, -0.2) is 4.98 Å². The molecule has 1 aliphatic rings. The zero-order valence-electron chi connectivity index (χ0n) is 9.02. The maximum absolute atomic E-state index is 8.85. The lowest BCUT2D eigenvalue weighted by atomic mass is 10.1. The average Bonchev–Trinajstić information content (AvgIpc) is 2.80. The Labute approximate surface area is 90.8 Å². The van der Waals surface area contributed by atoms with Gasteiger partial charge in [-0.3, -0.25) is 0 Å². The fraction of sp³-hybridized carbons (Fsp3) is 0.583. The van der Waals surface area contributed by atoms with Gasteiger partial charge in [0.1, 0.15) is 5.82 Å². The van der Waals surface area contributed by atoms with Gasteiger partial charge < -0.3 is 10.0 Å². The first-order valence-electron chi connectivity index (χ1n) is 5.71. The quantitative estimate of drug-likeness (QED) is 0.813. The van der Waals surface area contributed by atoms with E-state index >= 15 is 0 Å². The first-order valence-corrected chi connectivity index (χ1v) is 5.71. The van der Waals surface area contributed by atoms with Crippen molar-refractivity contribution in [3.63, 3.8) is 0 Å². The Hall–Kier alpha value is -1.09. The topological polar surface area (TPSA) is 36.4 Å². The molecule has 2 heterocycles. The SMILES string of the molecule is OCCCc1cccnc1N1CCCC1. The van der Waals surface area contributed by atoms with Crippen molar-refractivity contribution in [2.45, 2.75) is 25.7 Å². The second kappa shape index (κ2) is 5.12. The number of anilines is 1. The van der Waals surface area contributed by atoms with Crippen LogP contribution < -0.4 is 4.90 Å². The highest BCUT2D eigenvalue weighted by Crippen LogP contribution is 2.22. The number of aliphatic hydroxyl groups is 1. The first-order chi connectivity index (χ1) is 7.42. The van der Waals surface area contributed by atoms with Crippen LogP contribution in [0.3, 0.4) is 0 Å². The van der Waals surface area contributed by atoms with Crippen molar-refractivity contribution in [1.29, 1.82) is 0 Å². The largest absolute Gasteiger partial charge is 0.396 e. The summed E-state index contributed by atoms with van der Waals surface area (Å²) < 4.78 is 0. The third-order valence-corrected chi connectivity index (χ3v) is 2.88. The van der Waals surface area contributed by atoms with E-state index in [2.05, 4.69) is 16.0 Å². The highest BCUT2D eigenvalue weighted by molar-refractivity contribution is 5.47. The van der Waals surface area contributed by atoms with Crippen LogP contribution in [0.15, 0.2) is 18.3 Å². The molecule has 0 amide bonds. The van der Waals surface area contributed by atoms with Gasteiger partial charge >= 0.3 is 0 Å². The second-order valence-electron chi connectivity index (χ2n) is 4.01. The zero-order valence-corrected chi connectivity index (χ0v) is 9.02. The van der Waals surface area contributed by atoms with Gasteiger partial charge in [-0.05, 0) is 37.3 Å². The summed E-state index contributed by atoms with van der Waals surface area (Å²) in [7, 11) is 0. The van der Waals surface area contributed by atoms with Crippen LogP contribution in [0.5, 0.6) is 0 Å². The molecule has 0 spiro atoms. The van der Waals surface area contributed by atoms with Crippen molar-refractivity contribution in [2.24, 2.45) is 0 Å². The van der Waals surface area contributed by atoms with E-state index < -0.39 is 0 Å². The van der Waals surface area contributed by atoms with E-state index in [1.54, 1.807) is 0 Å². The molecular weight excluding hydrogens is 188 g/mol. The Morgan fingerprint density at radius 3 is 2.87 bits per heavy atom. The van der Waals surface area contributed by atoms with E-state index in [1.165, 1.54) is 18.4 Å². The van der Waals surface area contributed by atoms with Gasteiger partial charge in [0.2, 0.25) is 0 Å². The van der Waals surface area contributed by atoms with Crippen molar-refractivity contribution < 1.29 is 5.11 Å². The smallest absolute Gasteiger partial charge is 0.131 e. The summed E-state index contributed by atoms with van der Waals surface area (Å²) in [5.74, 6) is 1.13. The number of rotatable bonds is 4. The molecule has 1 aliphatic heterocycles. The fourth-order valence-corrected chi connectivity index (χ4v) is 2.11. The minimum Gasteiger partial charge on any atom is -0.396 e. The average molecular weight is 206 g/mol. The van der Waals surface area contributed by atoms with E-state index in [4.69, 9.17) is 5.11 Å². The van der Waals surface area contributed by atoms with Crippen LogP contribution in [0, 0.1) is 0 Å². The highest BCUT2D eigenvalue weighted by atomic mass is 16.2. The molecule has 1 saturated heterocycles. The number of aromatic nitrogens is 1. The Balaban J connectivity index is 2.13. The molecule has 1 aromatic heterocycles. The molecular formula is C12H18N2O. The van der Waals surface area contributed by atoms with Crippen molar-refractivity contribution in [1.82, 2.24) is 4.98 Å². The molecule has 0 atom stereocenters. The van der Waals surface area contributed by atoms with Crippen molar-refractivity contribution >= 4 is 5.82 Å². The summed E-state index contributed by atoms with van der Waals surface area (Å²) in [4.78, 5) is 6.81. The molecule has 1 fully saturated rings. The highest BCUT2D eigenvalue weighted by Gasteiger charge is 2.15. The first kappa shape index (κ1) is 10.4. The Kier molecular flexibility index (Phi) is 3.56. The van der Waals surface area contributed by atoms with E-state index in [1.807, 2.05) is 12.3 Å². The lowest BCUT2D eigenvalue weighted by molar-refractivity contribution is 0.288. The van der Waals surface area contributed by atoms with Gasteiger partial charge in [-0.2, -0.15) is 0 Å². The predicted molar refractivity (Wildman–Crippen MR) is 61.1 cm³/mol. The van der Waals surface area contributed by atoms with Gasteiger partial charge in [0.05, 0.1) is 0 Å². The number of hydrogen-bond donors (Lipinski definition) is 1. The zero-order chi connectivity index (χ0) is 10.5. The Morgan fingerprint density at radius 2 is 2.13 bits per heavy atom. The number of aryl methyl sites for hydroxylation is 1. The number of hydrogen-bond acceptors (Lipinski definition) is 3. The molecule has 0 aliphatic carbocycles. The van der Waals surface area contributed by atoms with Gasteiger partial charge in [0.25, 0.3) is 0 Å². The maximum atomic E-state index is 8.85. The van der Waals surface area contributed by atoms with Gasteiger partial charge in [0, 0.05) is 25.9 Å². The van der Waals surface area contributed by atoms with Gasteiger partial charge in [0.15, 0.2) is 0 Å². The molecule has 0 unspecified atom stereocenters. The Bertz CT molecular complexity index is 308. The summed E-state index contributed by atoms with van der Waals surface area (Å²) in [5.41, 5.74) is 1.27. The fourth-order valence-electron chi connectivity index (χ4n) is 2.11. The Morgan fingerprint density at radius 1 is 1.33 bits per heavy atom. The van der Waals surface area contributed by atoms with Crippen LogP contribution in [-0.4, -0.2) is 29.8 Å². The molecule has 3 nitrogen and oxygen atoms in total. The predicted octanol–water partition coefficient (Wildman–Crippen LogP) is 1.61. The third-order valence-electron chi connectivity index (χ3n) is 2.88. The van der Waals surface area contributed by atoms with Crippen LogP contribution in [-0.2, 0) is 6.42 Å². The molecule has 0 bridgehead atoms. The maximum Gasteiger partial charge on any atom is 0.131 e. The third kappa shape index (κ3) is 2.48. The molecule has 15 heavy (non-hydrogen) atoms. The summed E-state index contributed by atoms with van der Waals surface area (Å²) in [6.45, 7) is 2.51. The molecule has 2 rings (SSSR count). The van der Waals surface area contributed by atoms with Crippen LogP contribution in [0.25, 0.3) is 0 Å². The summed E-state index contributed by atoms with van der Waals surface area (Å²) in [5, 5.41) is 8.85. The number of nitrogens with zero attached hydrogens (tertiary/aromatic N) is 2. The van der Waals surface area contributed by atoms with Crippen molar-refractivity contribution in [3.05, 3.63) is 23.9 Å². The minimum absolute atomic E-state index is 0.258. The minimum atomic E-state index is 0.258. The lowest BCUT2D eigenvalue weighted by Crippen LogP contribution is -2.20. The van der Waals surface area contributed by atoms with Crippen LogP contribution >= 0.6 is 0 Å². The van der Waals surface area contributed by atoms with Crippen molar-refractivity contribution in [2.75, 3.05) is 24.6 Å². The summed E-state index contributed by atoms with van der Waals surface area (Å²) in [6.07, 6.45) is 6.16. The van der Waals surface area contributed by atoms with E-state index in [0.29, 0.717) is 0 Å².